The van der Waals surface area contributed by atoms with E-state index in [1.165, 1.54) is 11.9 Å². The van der Waals surface area contributed by atoms with Crippen LogP contribution in [0.15, 0.2) is 18.2 Å². The van der Waals surface area contributed by atoms with Crippen molar-refractivity contribution in [3.05, 3.63) is 29.3 Å². The summed E-state index contributed by atoms with van der Waals surface area (Å²) < 4.78 is 3.05. The van der Waals surface area contributed by atoms with Gasteiger partial charge in [0.15, 0.2) is 6.29 Å². The first-order valence-electron chi connectivity index (χ1n) is 3.63. The molecule has 0 unspecified atom stereocenters. The highest BCUT2D eigenvalue weighted by molar-refractivity contribution is 7.99. The predicted molar refractivity (Wildman–Crippen MR) is 53.7 cm³/mol. The molecule has 0 saturated heterocycles. The molecule has 0 amide bonds. The quantitative estimate of drug-likeness (QED) is 0.574. The second-order valence-electron chi connectivity index (χ2n) is 2.46. The standard InChI is InChI=1S/C9H11NOS/c1-7-4-3-5-9(10-12-2)8(7)6-11/h3-6,10H,1-2H3. The molecule has 1 aromatic carbocycles. The molecule has 0 fully saturated rings. The molecule has 2 nitrogen and oxygen atoms in total. The summed E-state index contributed by atoms with van der Waals surface area (Å²) in [5.74, 6) is 0. The van der Waals surface area contributed by atoms with Crippen LogP contribution in [0.4, 0.5) is 5.69 Å². The van der Waals surface area contributed by atoms with Gasteiger partial charge in [-0.05, 0) is 18.6 Å². The number of hydrogen-bond acceptors (Lipinski definition) is 3. The molecule has 3 heteroatoms. The monoisotopic (exact) mass is 181 g/mol. The van der Waals surface area contributed by atoms with Crippen molar-refractivity contribution in [3.63, 3.8) is 0 Å². The van der Waals surface area contributed by atoms with Crippen LogP contribution in [-0.4, -0.2) is 12.5 Å². The third kappa shape index (κ3) is 1.80. The summed E-state index contributed by atoms with van der Waals surface area (Å²) in [5.41, 5.74) is 2.63. The second-order valence-corrected chi connectivity index (χ2v) is 3.07. The average Bonchev–Trinajstić information content (AvgIpc) is 2.05. The van der Waals surface area contributed by atoms with E-state index < -0.39 is 0 Å². The zero-order chi connectivity index (χ0) is 8.97. The molecular formula is C9H11NOS. The summed E-state index contributed by atoms with van der Waals surface area (Å²) in [6, 6.07) is 5.75. The van der Waals surface area contributed by atoms with E-state index >= 15 is 0 Å². The van der Waals surface area contributed by atoms with E-state index in [4.69, 9.17) is 0 Å². The molecule has 0 radical (unpaired) electrons. The highest BCUT2D eigenvalue weighted by atomic mass is 32.2. The van der Waals surface area contributed by atoms with Crippen LogP contribution in [0.1, 0.15) is 15.9 Å². The SMILES string of the molecule is CSNc1cccc(C)c1C=O. The van der Waals surface area contributed by atoms with Crippen molar-refractivity contribution in [2.75, 3.05) is 11.0 Å². The van der Waals surface area contributed by atoms with E-state index in [-0.39, 0.29) is 0 Å². The van der Waals surface area contributed by atoms with Crippen molar-refractivity contribution in [1.82, 2.24) is 0 Å². The molecular weight excluding hydrogens is 170 g/mol. The molecule has 0 aliphatic heterocycles. The number of carbonyl (C=O) groups is 1. The summed E-state index contributed by atoms with van der Waals surface area (Å²) in [6.45, 7) is 1.93. The largest absolute Gasteiger partial charge is 0.329 e. The lowest BCUT2D eigenvalue weighted by Gasteiger charge is -2.06. The van der Waals surface area contributed by atoms with Gasteiger partial charge in [0, 0.05) is 11.8 Å². The summed E-state index contributed by atoms with van der Waals surface area (Å²) in [5, 5.41) is 0. The molecule has 0 heterocycles. The van der Waals surface area contributed by atoms with Gasteiger partial charge in [-0.1, -0.05) is 24.1 Å². The number of carbonyl (C=O) groups excluding carboxylic acids is 1. The Morgan fingerprint density at radius 1 is 1.50 bits per heavy atom. The lowest BCUT2D eigenvalue weighted by molar-refractivity contribution is 0.112. The second kappa shape index (κ2) is 4.16. The summed E-state index contributed by atoms with van der Waals surface area (Å²) in [7, 11) is 0. The normalized spacial score (nSPS) is 9.50. The fourth-order valence-electron chi connectivity index (χ4n) is 1.04. The van der Waals surface area contributed by atoms with Crippen LogP contribution in [0.2, 0.25) is 0 Å². The third-order valence-electron chi connectivity index (χ3n) is 1.65. The van der Waals surface area contributed by atoms with Gasteiger partial charge in [-0.25, -0.2) is 0 Å². The summed E-state index contributed by atoms with van der Waals surface area (Å²) >= 11 is 1.48. The summed E-state index contributed by atoms with van der Waals surface area (Å²) in [4.78, 5) is 10.7. The lowest BCUT2D eigenvalue weighted by Crippen LogP contribution is -1.94. The minimum Gasteiger partial charge on any atom is -0.329 e. The Kier molecular flexibility index (Phi) is 3.17. The van der Waals surface area contributed by atoms with Crippen molar-refractivity contribution in [3.8, 4) is 0 Å². The Bertz CT molecular complexity index is 286. The van der Waals surface area contributed by atoms with E-state index in [1.807, 2.05) is 31.4 Å². The van der Waals surface area contributed by atoms with Crippen molar-refractivity contribution >= 4 is 23.9 Å². The number of hydrogen-bond donors (Lipinski definition) is 1. The Balaban J connectivity index is 3.09. The van der Waals surface area contributed by atoms with E-state index in [9.17, 15) is 4.79 Å². The maximum atomic E-state index is 10.7. The van der Waals surface area contributed by atoms with Gasteiger partial charge in [-0.15, -0.1) is 0 Å². The van der Waals surface area contributed by atoms with Crippen LogP contribution in [0.3, 0.4) is 0 Å². The minimum absolute atomic E-state index is 0.742. The highest BCUT2D eigenvalue weighted by Gasteiger charge is 2.02. The van der Waals surface area contributed by atoms with E-state index in [0.29, 0.717) is 0 Å². The van der Waals surface area contributed by atoms with E-state index in [0.717, 1.165) is 23.1 Å². The third-order valence-corrected chi connectivity index (χ3v) is 2.08. The molecule has 0 bridgehead atoms. The minimum atomic E-state index is 0.742. The van der Waals surface area contributed by atoms with Crippen LogP contribution in [0.5, 0.6) is 0 Å². The Labute approximate surface area is 76.5 Å². The van der Waals surface area contributed by atoms with E-state index in [2.05, 4.69) is 4.72 Å². The molecule has 1 aromatic rings. The number of aryl methyl sites for hydroxylation is 1. The molecule has 0 aliphatic carbocycles. The molecule has 12 heavy (non-hydrogen) atoms. The number of anilines is 1. The first-order valence-corrected chi connectivity index (χ1v) is 4.86. The van der Waals surface area contributed by atoms with Gasteiger partial charge in [-0.2, -0.15) is 0 Å². The maximum Gasteiger partial charge on any atom is 0.152 e. The van der Waals surface area contributed by atoms with Crippen LogP contribution in [0.25, 0.3) is 0 Å². The molecule has 0 aromatic heterocycles. The van der Waals surface area contributed by atoms with Crippen molar-refractivity contribution in [2.24, 2.45) is 0 Å². The number of rotatable bonds is 3. The molecule has 0 saturated carbocycles. The Hall–Kier alpha value is -0.960. The van der Waals surface area contributed by atoms with Crippen LogP contribution < -0.4 is 4.72 Å². The van der Waals surface area contributed by atoms with Crippen molar-refractivity contribution in [1.29, 1.82) is 0 Å². The number of nitrogens with one attached hydrogen (secondary N) is 1. The lowest BCUT2D eigenvalue weighted by atomic mass is 10.1. The van der Waals surface area contributed by atoms with Gasteiger partial charge < -0.3 is 4.72 Å². The first-order chi connectivity index (χ1) is 5.79. The average molecular weight is 181 g/mol. The smallest absolute Gasteiger partial charge is 0.152 e. The van der Waals surface area contributed by atoms with E-state index in [1.54, 1.807) is 0 Å². The van der Waals surface area contributed by atoms with Gasteiger partial charge in [0.2, 0.25) is 0 Å². The fourth-order valence-corrected chi connectivity index (χ4v) is 1.43. The van der Waals surface area contributed by atoms with Crippen molar-refractivity contribution < 1.29 is 4.79 Å². The zero-order valence-corrected chi connectivity index (χ0v) is 7.94. The van der Waals surface area contributed by atoms with Crippen LogP contribution in [0, 0.1) is 6.92 Å². The van der Waals surface area contributed by atoms with Crippen LogP contribution in [-0.2, 0) is 0 Å². The first kappa shape index (κ1) is 9.13. The maximum absolute atomic E-state index is 10.7. The highest BCUT2D eigenvalue weighted by Crippen LogP contribution is 2.19. The Morgan fingerprint density at radius 2 is 2.25 bits per heavy atom. The van der Waals surface area contributed by atoms with Gasteiger partial charge in [0.05, 0.1) is 5.69 Å². The summed E-state index contributed by atoms with van der Waals surface area (Å²) in [6.07, 6.45) is 2.81. The molecule has 0 spiro atoms. The molecule has 0 aliphatic rings. The van der Waals surface area contributed by atoms with Crippen molar-refractivity contribution in [2.45, 2.75) is 6.92 Å². The molecule has 0 atom stereocenters. The topological polar surface area (TPSA) is 29.1 Å². The predicted octanol–water partition coefficient (Wildman–Crippen LogP) is 2.50. The zero-order valence-electron chi connectivity index (χ0n) is 7.13. The van der Waals surface area contributed by atoms with Gasteiger partial charge in [0.25, 0.3) is 0 Å². The number of aldehydes is 1. The van der Waals surface area contributed by atoms with Crippen LogP contribution >= 0.6 is 11.9 Å². The molecule has 1 rings (SSSR count). The Morgan fingerprint density at radius 3 is 2.83 bits per heavy atom. The fraction of sp³-hybridized carbons (Fsp3) is 0.222. The number of benzene rings is 1. The van der Waals surface area contributed by atoms with Gasteiger partial charge >= 0.3 is 0 Å². The molecule has 64 valence electrons. The van der Waals surface area contributed by atoms with Gasteiger partial charge in [0.1, 0.15) is 0 Å². The van der Waals surface area contributed by atoms with Gasteiger partial charge in [-0.3, -0.25) is 4.79 Å². The molecule has 1 N–H and O–H groups in total.